The van der Waals surface area contributed by atoms with Crippen LogP contribution < -0.4 is 5.32 Å². The number of hydrogen-bond donors (Lipinski definition) is 1. The summed E-state index contributed by atoms with van der Waals surface area (Å²) in [5, 5.41) is 7.37. The van der Waals surface area contributed by atoms with Crippen molar-refractivity contribution >= 4 is 15.9 Å². The lowest BCUT2D eigenvalue weighted by Gasteiger charge is -2.26. The summed E-state index contributed by atoms with van der Waals surface area (Å²) in [5.74, 6) is -0.170. The Morgan fingerprint density at radius 2 is 2.00 bits per heavy atom. The van der Waals surface area contributed by atoms with Gasteiger partial charge in [-0.3, -0.25) is 9.48 Å². The van der Waals surface area contributed by atoms with Crippen LogP contribution in [0.15, 0.2) is 29.2 Å². The van der Waals surface area contributed by atoms with E-state index >= 15 is 0 Å². The van der Waals surface area contributed by atoms with Gasteiger partial charge in [-0.15, -0.1) is 0 Å². The Balaban J connectivity index is 1.79. The molecule has 1 amide bonds. The molecule has 8 heteroatoms. The Kier molecular flexibility index (Phi) is 5.39. The number of hydrogen-bond acceptors (Lipinski definition) is 4. The van der Waals surface area contributed by atoms with Crippen molar-refractivity contribution in [2.45, 2.75) is 50.6 Å². The van der Waals surface area contributed by atoms with Crippen LogP contribution in [0.3, 0.4) is 0 Å². The molecule has 1 aromatic carbocycles. The first-order chi connectivity index (χ1) is 12.7. The summed E-state index contributed by atoms with van der Waals surface area (Å²) in [4.78, 5) is 12.8. The van der Waals surface area contributed by atoms with Crippen molar-refractivity contribution in [3.8, 4) is 0 Å². The highest BCUT2D eigenvalue weighted by Crippen LogP contribution is 2.29. The standard InChI is InChI=1S/C19H26N4O3S/c1-13-19(27(25,26)22(3)4)14(2)23(21-13)12-18(24)20-17-11-7-9-15-8-5-6-10-16(15)17/h5-6,8,10,17H,7,9,11-12H2,1-4H3,(H,20,24). The van der Waals surface area contributed by atoms with Crippen LogP contribution in [0.25, 0.3) is 0 Å². The summed E-state index contributed by atoms with van der Waals surface area (Å²) in [6.45, 7) is 3.32. The maximum Gasteiger partial charge on any atom is 0.246 e. The van der Waals surface area contributed by atoms with Crippen LogP contribution in [-0.4, -0.2) is 42.5 Å². The van der Waals surface area contributed by atoms with E-state index in [2.05, 4.69) is 22.5 Å². The minimum atomic E-state index is -3.60. The molecule has 1 aromatic heterocycles. The Bertz CT molecular complexity index is 963. The summed E-state index contributed by atoms with van der Waals surface area (Å²) < 4.78 is 27.6. The molecule has 27 heavy (non-hydrogen) atoms. The molecule has 3 rings (SSSR count). The van der Waals surface area contributed by atoms with E-state index in [9.17, 15) is 13.2 Å². The molecule has 1 atom stereocenters. The molecule has 146 valence electrons. The molecule has 7 nitrogen and oxygen atoms in total. The van der Waals surface area contributed by atoms with Gasteiger partial charge in [0.05, 0.1) is 17.4 Å². The molecule has 2 aromatic rings. The highest BCUT2D eigenvalue weighted by Gasteiger charge is 2.28. The van der Waals surface area contributed by atoms with Crippen LogP contribution in [0, 0.1) is 13.8 Å². The zero-order valence-corrected chi connectivity index (χ0v) is 17.0. The van der Waals surface area contributed by atoms with E-state index in [1.54, 1.807) is 13.8 Å². The summed E-state index contributed by atoms with van der Waals surface area (Å²) in [5.41, 5.74) is 3.32. The molecule has 0 saturated carbocycles. The van der Waals surface area contributed by atoms with Gasteiger partial charge in [-0.25, -0.2) is 12.7 Å². The van der Waals surface area contributed by atoms with E-state index in [1.165, 1.54) is 29.9 Å². The number of aromatic nitrogens is 2. The number of carbonyl (C=O) groups is 1. The van der Waals surface area contributed by atoms with Gasteiger partial charge in [-0.1, -0.05) is 24.3 Å². The van der Waals surface area contributed by atoms with E-state index in [-0.39, 0.29) is 23.4 Å². The topological polar surface area (TPSA) is 84.3 Å². The first kappa shape index (κ1) is 19.6. The maximum absolute atomic E-state index is 12.6. The SMILES string of the molecule is Cc1nn(CC(=O)NC2CCCc3ccccc32)c(C)c1S(=O)(=O)N(C)C. The second kappa shape index (κ2) is 7.44. The van der Waals surface area contributed by atoms with E-state index in [0.717, 1.165) is 23.6 Å². The van der Waals surface area contributed by atoms with Gasteiger partial charge in [0, 0.05) is 14.1 Å². The number of fused-ring (bicyclic) bond motifs is 1. The van der Waals surface area contributed by atoms with Crippen LogP contribution in [0.1, 0.15) is 41.4 Å². The van der Waals surface area contributed by atoms with Crippen LogP contribution in [0.5, 0.6) is 0 Å². The summed E-state index contributed by atoms with van der Waals surface area (Å²) in [6.07, 6.45) is 2.97. The van der Waals surface area contributed by atoms with Crippen molar-refractivity contribution in [2.24, 2.45) is 0 Å². The number of carbonyl (C=O) groups excluding carboxylic acids is 1. The average Bonchev–Trinajstić information content (AvgIpc) is 2.89. The molecule has 0 radical (unpaired) electrons. The largest absolute Gasteiger partial charge is 0.348 e. The molecular weight excluding hydrogens is 364 g/mol. The molecule has 0 aliphatic heterocycles. The lowest BCUT2D eigenvalue weighted by Crippen LogP contribution is -2.34. The fourth-order valence-corrected chi connectivity index (χ4v) is 4.93. The molecular formula is C19H26N4O3S. The molecule has 0 bridgehead atoms. The third kappa shape index (κ3) is 3.77. The zero-order valence-electron chi connectivity index (χ0n) is 16.2. The predicted molar refractivity (Wildman–Crippen MR) is 103 cm³/mol. The highest BCUT2D eigenvalue weighted by atomic mass is 32.2. The minimum absolute atomic E-state index is 0.00567. The molecule has 1 heterocycles. The van der Waals surface area contributed by atoms with Crippen molar-refractivity contribution in [1.82, 2.24) is 19.4 Å². The number of rotatable bonds is 5. The fourth-order valence-electron chi connectivity index (χ4n) is 3.67. The Labute approximate surface area is 160 Å². The number of aryl methyl sites for hydroxylation is 2. The van der Waals surface area contributed by atoms with E-state index in [1.807, 2.05) is 12.1 Å². The second-order valence-corrected chi connectivity index (χ2v) is 9.24. The van der Waals surface area contributed by atoms with Gasteiger partial charge in [-0.05, 0) is 44.2 Å². The first-order valence-electron chi connectivity index (χ1n) is 9.05. The molecule has 0 spiro atoms. The van der Waals surface area contributed by atoms with Gasteiger partial charge in [-0.2, -0.15) is 5.10 Å². The van der Waals surface area contributed by atoms with Gasteiger partial charge in [0.15, 0.2) is 0 Å². The van der Waals surface area contributed by atoms with Crippen LogP contribution >= 0.6 is 0 Å². The molecule has 0 saturated heterocycles. The Hall–Kier alpha value is -2.19. The Morgan fingerprint density at radius 3 is 2.70 bits per heavy atom. The lowest BCUT2D eigenvalue weighted by molar-refractivity contribution is -0.122. The zero-order chi connectivity index (χ0) is 19.8. The van der Waals surface area contributed by atoms with Crippen molar-refractivity contribution in [3.05, 3.63) is 46.8 Å². The van der Waals surface area contributed by atoms with Crippen molar-refractivity contribution in [2.75, 3.05) is 14.1 Å². The second-order valence-electron chi connectivity index (χ2n) is 7.16. The van der Waals surface area contributed by atoms with Crippen molar-refractivity contribution in [1.29, 1.82) is 0 Å². The van der Waals surface area contributed by atoms with Gasteiger partial charge >= 0.3 is 0 Å². The number of benzene rings is 1. The monoisotopic (exact) mass is 390 g/mol. The maximum atomic E-state index is 12.6. The molecule has 1 aliphatic carbocycles. The van der Waals surface area contributed by atoms with Crippen molar-refractivity contribution in [3.63, 3.8) is 0 Å². The highest BCUT2D eigenvalue weighted by molar-refractivity contribution is 7.89. The minimum Gasteiger partial charge on any atom is -0.348 e. The number of nitrogens with one attached hydrogen (secondary N) is 1. The van der Waals surface area contributed by atoms with Gasteiger partial charge in [0.25, 0.3) is 0 Å². The summed E-state index contributed by atoms with van der Waals surface area (Å²) in [6, 6.07) is 8.16. The number of sulfonamides is 1. The third-order valence-corrected chi connectivity index (χ3v) is 7.12. The summed E-state index contributed by atoms with van der Waals surface area (Å²) >= 11 is 0. The van der Waals surface area contributed by atoms with E-state index in [4.69, 9.17) is 0 Å². The van der Waals surface area contributed by atoms with Gasteiger partial charge in [0.1, 0.15) is 11.4 Å². The van der Waals surface area contributed by atoms with Crippen LogP contribution in [-0.2, 0) is 27.8 Å². The molecule has 0 fully saturated rings. The van der Waals surface area contributed by atoms with E-state index in [0.29, 0.717) is 11.4 Å². The van der Waals surface area contributed by atoms with Crippen LogP contribution in [0.4, 0.5) is 0 Å². The van der Waals surface area contributed by atoms with Crippen molar-refractivity contribution < 1.29 is 13.2 Å². The fraction of sp³-hybridized carbons (Fsp3) is 0.474. The van der Waals surface area contributed by atoms with E-state index < -0.39 is 10.0 Å². The molecule has 1 unspecified atom stereocenters. The summed E-state index contributed by atoms with van der Waals surface area (Å²) in [7, 11) is -0.632. The number of amides is 1. The normalized spacial score (nSPS) is 17.0. The van der Waals surface area contributed by atoms with Gasteiger partial charge in [0.2, 0.25) is 15.9 Å². The quantitative estimate of drug-likeness (QED) is 0.846. The Morgan fingerprint density at radius 1 is 1.30 bits per heavy atom. The number of nitrogens with zero attached hydrogens (tertiary/aromatic N) is 3. The molecule has 1 aliphatic rings. The average molecular weight is 391 g/mol. The third-order valence-electron chi connectivity index (χ3n) is 5.05. The molecule has 1 N–H and O–H groups in total. The van der Waals surface area contributed by atoms with Gasteiger partial charge < -0.3 is 5.32 Å². The predicted octanol–water partition coefficient (Wildman–Crippen LogP) is 1.94. The smallest absolute Gasteiger partial charge is 0.246 e. The first-order valence-corrected chi connectivity index (χ1v) is 10.5. The lowest BCUT2D eigenvalue weighted by atomic mass is 9.88. The van der Waals surface area contributed by atoms with Crippen LogP contribution in [0.2, 0.25) is 0 Å².